The molecule has 1 heterocycles. The third-order valence-electron chi connectivity index (χ3n) is 3.12. The average molecular weight is 248 g/mol. The van der Waals surface area contributed by atoms with Crippen molar-refractivity contribution < 1.29 is 14.7 Å². The minimum absolute atomic E-state index is 0.00720. The second-order valence-corrected chi connectivity index (χ2v) is 4.33. The van der Waals surface area contributed by atoms with E-state index in [0.717, 1.165) is 16.8 Å². The van der Waals surface area contributed by atoms with Crippen molar-refractivity contribution >= 4 is 17.5 Å². The number of hydrogen-bond donors (Lipinski definition) is 2. The number of β-amino-alcohol motifs (C(OH)–C–C–N with tert-alkyl or cyclic N) is 1. The number of aliphatic hydroxyl groups is 1. The van der Waals surface area contributed by atoms with Crippen molar-refractivity contribution in [2.45, 2.75) is 19.3 Å². The molecule has 0 aliphatic carbocycles. The van der Waals surface area contributed by atoms with Crippen LogP contribution >= 0.6 is 0 Å². The van der Waals surface area contributed by atoms with E-state index in [2.05, 4.69) is 0 Å². The summed E-state index contributed by atoms with van der Waals surface area (Å²) in [5.74, 6) is -0.373. The molecule has 5 nitrogen and oxygen atoms in total. The monoisotopic (exact) mass is 248 g/mol. The Morgan fingerprint density at radius 1 is 1.39 bits per heavy atom. The van der Waals surface area contributed by atoms with Crippen LogP contribution in [0.2, 0.25) is 0 Å². The SMILES string of the molecule is NC(=O)Cc1cccc2c1CCC(=O)N2CCO. The zero-order valence-corrected chi connectivity index (χ0v) is 10.1. The van der Waals surface area contributed by atoms with E-state index in [9.17, 15) is 9.59 Å². The number of carbonyl (C=O) groups excluding carboxylic acids is 2. The topological polar surface area (TPSA) is 83.6 Å². The van der Waals surface area contributed by atoms with Crippen LogP contribution in [0.3, 0.4) is 0 Å². The van der Waals surface area contributed by atoms with Gasteiger partial charge in [0.25, 0.3) is 0 Å². The number of primary amides is 1. The first-order chi connectivity index (χ1) is 8.63. The lowest BCUT2D eigenvalue weighted by molar-refractivity contribution is -0.119. The Bertz CT molecular complexity index is 485. The molecule has 0 saturated carbocycles. The van der Waals surface area contributed by atoms with Crippen molar-refractivity contribution in [3.05, 3.63) is 29.3 Å². The molecular weight excluding hydrogens is 232 g/mol. The first kappa shape index (κ1) is 12.6. The van der Waals surface area contributed by atoms with Gasteiger partial charge in [0.05, 0.1) is 13.0 Å². The number of amides is 2. The number of benzene rings is 1. The summed E-state index contributed by atoms with van der Waals surface area (Å²) < 4.78 is 0. The standard InChI is InChI=1S/C13H16N2O3/c14-12(17)8-9-2-1-3-11-10(9)4-5-13(18)15(11)6-7-16/h1-3,16H,4-8H2,(H2,14,17). The number of carbonyl (C=O) groups is 2. The Labute approximate surface area is 105 Å². The Morgan fingerprint density at radius 3 is 2.83 bits per heavy atom. The van der Waals surface area contributed by atoms with E-state index in [4.69, 9.17) is 10.8 Å². The van der Waals surface area contributed by atoms with E-state index < -0.39 is 0 Å². The van der Waals surface area contributed by atoms with Gasteiger partial charge in [-0.05, 0) is 23.6 Å². The van der Waals surface area contributed by atoms with Crippen LogP contribution in [0, 0.1) is 0 Å². The summed E-state index contributed by atoms with van der Waals surface area (Å²) in [4.78, 5) is 24.4. The molecule has 0 radical (unpaired) electrons. The van der Waals surface area contributed by atoms with Crippen molar-refractivity contribution in [2.24, 2.45) is 5.73 Å². The number of rotatable bonds is 4. The van der Waals surface area contributed by atoms with E-state index >= 15 is 0 Å². The quantitative estimate of drug-likeness (QED) is 0.785. The molecule has 1 aromatic rings. The Morgan fingerprint density at radius 2 is 2.17 bits per heavy atom. The van der Waals surface area contributed by atoms with Gasteiger partial charge in [-0.2, -0.15) is 0 Å². The van der Waals surface area contributed by atoms with Gasteiger partial charge in [-0.15, -0.1) is 0 Å². The summed E-state index contributed by atoms with van der Waals surface area (Å²) in [6.45, 7) is 0.205. The van der Waals surface area contributed by atoms with E-state index in [1.165, 1.54) is 0 Å². The number of aliphatic hydroxyl groups excluding tert-OH is 1. The Balaban J connectivity index is 2.40. The van der Waals surface area contributed by atoms with Crippen molar-refractivity contribution in [1.29, 1.82) is 0 Å². The minimum atomic E-state index is -0.381. The zero-order valence-electron chi connectivity index (χ0n) is 10.1. The molecule has 2 amide bonds. The lowest BCUT2D eigenvalue weighted by Crippen LogP contribution is -2.37. The molecule has 3 N–H and O–H groups in total. The van der Waals surface area contributed by atoms with Gasteiger partial charge in [-0.25, -0.2) is 0 Å². The summed E-state index contributed by atoms with van der Waals surface area (Å²) in [5, 5.41) is 9.01. The Kier molecular flexibility index (Phi) is 3.62. The van der Waals surface area contributed by atoms with Crippen LogP contribution in [-0.4, -0.2) is 30.1 Å². The molecule has 0 saturated heterocycles. The lowest BCUT2D eigenvalue weighted by atomic mass is 9.94. The molecule has 0 spiro atoms. The Hall–Kier alpha value is -1.88. The molecule has 0 bridgehead atoms. The van der Waals surface area contributed by atoms with E-state index in [0.29, 0.717) is 12.8 Å². The van der Waals surface area contributed by atoms with Gasteiger partial charge in [-0.3, -0.25) is 9.59 Å². The number of hydrogen-bond acceptors (Lipinski definition) is 3. The molecule has 0 aromatic heterocycles. The highest BCUT2D eigenvalue weighted by Crippen LogP contribution is 2.30. The molecule has 1 aromatic carbocycles. The summed E-state index contributed by atoms with van der Waals surface area (Å²) in [6.07, 6.45) is 1.21. The summed E-state index contributed by atoms with van der Waals surface area (Å²) >= 11 is 0. The molecule has 0 fully saturated rings. The van der Waals surface area contributed by atoms with Gasteiger partial charge in [0, 0.05) is 18.7 Å². The normalized spacial score (nSPS) is 14.5. The van der Waals surface area contributed by atoms with Crippen LogP contribution in [0.5, 0.6) is 0 Å². The predicted molar refractivity (Wildman–Crippen MR) is 67.1 cm³/mol. The van der Waals surface area contributed by atoms with Gasteiger partial charge in [0.2, 0.25) is 11.8 Å². The van der Waals surface area contributed by atoms with Crippen molar-refractivity contribution in [2.75, 3.05) is 18.1 Å². The van der Waals surface area contributed by atoms with Crippen LogP contribution in [-0.2, 0) is 22.4 Å². The van der Waals surface area contributed by atoms with Crippen LogP contribution < -0.4 is 10.6 Å². The lowest BCUT2D eigenvalue weighted by Gasteiger charge is -2.30. The fourth-order valence-electron chi connectivity index (χ4n) is 2.36. The largest absolute Gasteiger partial charge is 0.395 e. The first-order valence-corrected chi connectivity index (χ1v) is 5.93. The zero-order chi connectivity index (χ0) is 13.1. The number of fused-ring (bicyclic) bond motifs is 1. The minimum Gasteiger partial charge on any atom is -0.395 e. The first-order valence-electron chi connectivity index (χ1n) is 5.93. The molecule has 18 heavy (non-hydrogen) atoms. The fourth-order valence-corrected chi connectivity index (χ4v) is 2.36. The van der Waals surface area contributed by atoms with Crippen LogP contribution in [0.15, 0.2) is 18.2 Å². The van der Waals surface area contributed by atoms with Crippen molar-refractivity contribution in [3.8, 4) is 0 Å². The van der Waals surface area contributed by atoms with Crippen LogP contribution in [0.4, 0.5) is 5.69 Å². The summed E-state index contributed by atoms with van der Waals surface area (Å²) in [7, 11) is 0. The number of anilines is 1. The van der Waals surface area contributed by atoms with Crippen molar-refractivity contribution in [1.82, 2.24) is 0 Å². The predicted octanol–water partition coefficient (Wildman–Crippen LogP) is -0.0141. The van der Waals surface area contributed by atoms with E-state index in [1.54, 1.807) is 11.0 Å². The maximum Gasteiger partial charge on any atom is 0.227 e. The summed E-state index contributed by atoms with van der Waals surface area (Å²) in [5.41, 5.74) is 7.87. The van der Waals surface area contributed by atoms with Gasteiger partial charge >= 0.3 is 0 Å². The van der Waals surface area contributed by atoms with Crippen LogP contribution in [0.1, 0.15) is 17.5 Å². The highest BCUT2D eigenvalue weighted by atomic mass is 16.3. The molecule has 0 atom stereocenters. The molecule has 0 unspecified atom stereocenters. The third-order valence-corrected chi connectivity index (χ3v) is 3.12. The van der Waals surface area contributed by atoms with Gasteiger partial charge in [-0.1, -0.05) is 12.1 Å². The highest BCUT2D eigenvalue weighted by Gasteiger charge is 2.25. The van der Waals surface area contributed by atoms with E-state index in [-0.39, 0.29) is 31.4 Å². The average Bonchev–Trinajstić information content (AvgIpc) is 2.32. The second-order valence-electron chi connectivity index (χ2n) is 4.33. The molecule has 2 rings (SSSR count). The maximum absolute atomic E-state index is 11.8. The number of nitrogens with two attached hydrogens (primary N) is 1. The molecule has 1 aliphatic rings. The second kappa shape index (κ2) is 5.18. The van der Waals surface area contributed by atoms with Crippen LogP contribution in [0.25, 0.3) is 0 Å². The third kappa shape index (κ3) is 2.36. The molecular formula is C13H16N2O3. The highest BCUT2D eigenvalue weighted by molar-refractivity contribution is 5.97. The molecule has 96 valence electrons. The smallest absolute Gasteiger partial charge is 0.227 e. The van der Waals surface area contributed by atoms with E-state index in [1.807, 2.05) is 12.1 Å². The fraction of sp³-hybridized carbons (Fsp3) is 0.385. The molecule has 1 aliphatic heterocycles. The number of nitrogens with zero attached hydrogens (tertiary/aromatic N) is 1. The van der Waals surface area contributed by atoms with Crippen molar-refractivity contribution in [3.63, 3.8) is 0 Å². The van der Waals surface area contributed by atoms with Gasteiger partial charge in [0.15, 0.2) is 0 Å². The maximum atomic E-state index is 11.8. The molecule has 5 heteroatoms. The van der Waals surface area contributed by atoms with Gasteiger partial charge < -0.3 is 15.7 Å². The van der Waals surface area contributed by atoms with Gasteiger partial charge in [0.1, 0.15) is 0 Å². The summed E-state index contributed by atoms with van der Waals surface area (Å²) in [6, 6.07) is 5.50.